The lowest BCUT2D eigenvalue weighted by Crippen LogP contribution is -2.05. The molecule has 0 bridgehead atoms. The van der Waals surface area contributed by atoms with Gasteiger partial charge in [-0.25, -0.2) is 4.39 Å². The van der Waals surface area contributed by atoms with Gasteiger partial charge >= 0.3 is 0 Å². The number of anilines is 2. The molecule has 0 heterocycles. The molecule has 2 aromatic carbocycles. The van der Waals surface area contributed by atoms with Crippen LogP contribution in [-0.4, -0.2) is 0 Å². The lowest BCUT2D eigenvalue weighted by molar-refractivity contribution is 0.523. The summed E-state index contributed by atoms with van der Waals surface area (Å²) in [6.45, 7) is 7.21. The smallest absolute Gasteiger partial charge is 0.123 e. The highest BCUT2D eigenvalue weighted by atomic mass is 19.1. The Kier molecular flexibility index (Phi) is 5.56. The fourth-order valence-electron chi connectivity index (χ4n) is 2.74. The fourth-order valence-corrected chi connectivity index (χ4v) is 2.74. The van der Waals surface area contributed by atoms with Crippen LogP contribution in [-0.2, 0) is 6.54 Å². The molecule has 0 aliphatic heterocycles. The first-order valence-corrected chi connectivity index (χ1v) is 7.85. The van der Waals surface area contributed by atoms with Crippen molar-refractivity contribution in [2.45, 2.75) is 39.7 Å². The van der Waals surface area contributed by atoms with E-state index in [0.717, 1.165) is 23.4 Å². The van der Waals surface area contributed by atoms with E-state index < -0.39 is 0 Å². The van der Waals surface area contributed by atoms with Crippen molar-refractivity contribution in [1.82, 2.24) is 0 Å². The molecule has 0 saturated carbocycles. The third-order valence-electron chi connectivity index (χ3n) is 3.87. The molecule has 118 valence electrons. The van der Waals surface area contributed by atoms with Crippen LogP contribution in [0.25, 0.3) is 0 Å². The standard InChI is InChI=1S/C19H25FN2/c1-13(2)10-14(3)15-4-9-19(16(11-15)12-21)22-18-7-5-17(20)6-8-18/h4-9,11,13-14,22H,10,12,21H2,1-3H3. The number of nitrogens with two attached hydrogens (primary N) is 1. The van der Waals surface area contributed by atoms with Crippen molar-refractivity contribution >= 4 is 11.4 Å². The number of benzene rings is 2. The Bertz CT molecular complexity index is 605. The van der Waals surface area contributed by atoms with E-state index >= 15 is 0 Å². The summed E-state index contributed by atoms with van der Waals surface area (Å²) in [4.78, 5) is 0. The van der Waals surface area contributed by atoms with Crippen LogP contribution in [0.3, 0.4) is 0 Å². The van der Waals surface area contributed by atoms with Crippen LogP contribution in [0, 0.1) is 11.7 Å². The monoisotopic (exact) mass is 300 g/mol. The molecule has 1 unspecified atom stereocenters. The summed E-state index contributed by atoms with van der Waals surface area (Å²) in [5.41, 5.74) is 10.1. The Morgan fingerprint density at radius 3 is 2.32 bits per heavy atom. The molecular formula is C19H25FN2. The average molecular weight is 300 g/mol. The Hall–Kier alpha value is -1.87. The van der Waals surface area contributed by atoms with E-state index in [1.807, 2.05) is 0 Å². The molecule has 0 aliphatic rings. The number of rotatable bonds is 6. The van der Waals surface area contributed by atoms with Gasteiger partial charge in [0.15, 0.2) is 0 Å². The molecule has 22 heavy (non-hydrogen) atoms. The van der Waals surface area contributed by atoms with Crippen LogP contribution in [0.1, 0.15) is 44.2 Å². The topological polar surface area (TPSA) is 38.0 Å². The maximum absolute atomic E-state index is 13.0. The Labute approximate surface area is 132 Å². The van der Waals surface area contributed by atoms with Crippen molar-refractivity contribution < 1.29 is 4.39 Å². The van der Waals surface area contributed by atoms with E-state index in [9.17, 15) is 4.39 Å². The normalized spacial score (nSPS) is 12.5. The summed E-state index contributed by atoms with van der Waals surface area (Å²) in [7, 11) is 0. The molecule has 0 aliphatic carbocycles. The highest BCUT2D eigenvalue weighted by molar-refractivity contribution is 5.63. The molecule has 0 saturated heterocycles. The van der Waals surface area contributed by atoms with Crippen LogP contribution >= 0.6 is 0 Å². The van der Waals surface area contributed by atoms with Crippen LogP contribution in [0.2, 0.25) is 0 Å². The van der Waals surface area contributed by atoms with Gasteiger partial charge in [0.1, 0.15) is 5.82 Å². The van der Waals surface area contributed by atoms with E-state index in [1.165, 1.54) is 17.7 Å². The molecule has 0 spiro atoms. The number of hydrogen-bond donors (Lipinski definition) is 2. The van der Waals surface area contributed by atoms with Crippen molar-refractivity contribution in [3.05, 3.63) is 59.4 Å². The minimum atomic E-state index is -0.234. The lowest BCUT2D eigenvalue weighted by atomic mass is 9.90. The molecule has 3 heteroatoms. The van der Waals surface area contributed by atoms with Gasteiger partial charge in [-0.2, -0.15) is 0 Å². The largest absolute Gasteiger partial charge is 0.355 e. The van der Waals surface area contributed by atoms with E-state index in [0.29, 0.717) is 18.4 Å². The van der Waals surface area contributed by atoms with Gasteiger partial charge in [0, 0.05) is 17.9 Å². The highest BCUT2D eigenvalue weighted by Crippen LogP contribution is 2.28. The molecule has 2 rings (SSSR count). The van der Waals surface area contributed by atoms with Crippen molar-refractivity contribution in [2.24, 2.45) is 11.7 Å². The summed E-state index contributed by atoms with van der Waals surface area (Å²) in [5.74, 6) is 0.959. The van der Waals surface area contributed by atoms with Crippen molar-refractivity contribution in [3.63, 3.8) is 0 Å². The van der Waals surface area contributed by atoms with Gasteiger partial charge in [0.2, 0.25) is 0 Å². The molecule has 0 aromatic heterocycles. The second kappa shape index (κ2) is 7.41. The number of hydrogen-bond acceptors (Lipinski definition) is 2. The van der Waals surface area contributed by atoms with Crippen molar-refractivity contribution in [2.75, 3.05) is 5.32 Å². The molecule has 0 amide bonds. The first-order chi connectivity index (χ1) is 10.5. The van der Waals surface area contributed by atoms with Crippen LogP contribution in [0.15, 0.2) is 42.5 Å². The van der Waals surface area contributed by atoms with Gasteiger partial charge in [-0.05, 0) is 59.7 Å². The number of halogens is 1. The van der Waals surface area contributed by atoms with Gasteiger partial charge in [0.25, 0.3) is 0 Å². The summed E-state index contributed by atoms with van der Waals surface area (Å²) in [6.07, 6.45) is 1.16. The second-order valence-electron chi connectivity index (χ2n) is 6.28. The van der Waals surface area contributed by atoms with E-state index in [4.69, 9.17) is 5.73 Å². The molecular weight excluding hydrogens is 275 g/mol. The molecule has 2 nitrogen and oxygen atoms in total. The fraction of sp³-hybridized carbons (Fsp3) is 0.368. The second-order valence-corrected chi connectivity index (χ2v) is 6.28. The predicted octanol–water partition coefficient (Wildman–Crippen LogP) is 5.18. The third kappa shape index (κ3) is 4.31. The molecule has 3 N–H and O–H groups in total. The predicted molar refractivity (Wildman–Crippen MR) is 91.9 cm³/mol. The van der Waals surface area contributed by atoms with Gasteiger partial charge in [-0.15, -0.1) is 0 Å². The summed E-state index contributed by atoms with van der Waals surface area (Å²) in [6, 6.07) is 12.7. The minimum absolute atomic E-state index is 0.234. The van der Waals surface area contributed by atoms with Gasteiger partial charge < -0.3 is 11.1 Å². The zero-order valence-electron chi connectivity index (χ0n) is 13.6. The number of nitrogens with one attached hydrogen (secondary N) is 1. The average Bonchev–Trinajstić information content (AvgIpc) is 2.49. The van der Waals surface area contributed by atoms with Crippen LogP contribution in [0.4, 0.5) is 15.8 Å². The minimum Gasteiger partial charge on any atom is -0.355 e. The maximum Gasteiger partial charge on any atom is 0.123 e. The van der Waals surface area contributed by atoms with Crippen LogP contribution < -0.4 is 11.1 Å². The third-order valence-corrected chi connectivity index (χ3v) is 3.87. The Morgan fingerprint density at radius 1 is 1.05 bits per heavy atom. The summed E-state index contributed by atoms with van der Waals surface area (Å²) in [5, 5.41) is 3.31. The molecule has 1 atom stereocenters. The lowest BCUT2D eigenvalue weighted by Gasteiger charge is -2.18. The summed E-state index contributed by atoms with van der Waals surface area (Å²) < 4.78 is 13.0. The van der Waals surface area contributed by atoms with Crippen molar-refractivity contribution in [1.29, 1.82) is 0 Å². The van der Waals surface area contributed by atoms with Gasteiger partial charge in [-0.1, -0.05) is 32.9 Å². The quantitative estimate of drug-likeness (QED) is 0.771. The Balaban J connectivity index is 2.20. The first-order valence-electron chi connectivity index (χ1n) is 7.85. The zero-order chi connectivity index (χ0) is 16.1. The van der Waals surface area contributed by atoms with E-state index in [1.54, 1.807) is 12.1 Å². The van der Waals surface area contributed by atoms with E-state index in [-0.39, 0.29) is 5.82 Å². The highest BCUT2D eigenvalue weighted by Gasteiger charge is 2.10. The van der Waals surface area contributed by atoms with Crippen molar-refractivity contribution in [3.8, 4) is 0 Å². The first kappa shape index (κ1) is 16.5. The van der Waals surface area contributed by atoms with Gasteiger partial charge in [0.05, 0.1) is 0 Å². The SMILES string of the molecule is CC(C)CC(C)c1ccc(Nc2ccc(F)cc2)c(CN)c1. The molecule has 0 fully saturated rings. The van der Waals surface area contributed by atoms with E-state index in [2.05, 4.69) is 44.3 Å². The Morgan fingerprint density at radius 2 is 1.73 bits per heavy atom. The van der Waals surface area contributed by atoms with Crippen LogP contribution in [0.5, 0.6) is 0 Å². The van der Waals surface area contributed by atoms with Gasteiger partial charge in [-0.3, -0.25) is 0 Å². The maximum atomic E-state index is 13.0. The summed E-state index contributed by atoms with van der Waals surface area (Å²) >= 11 is 0. The molecule has 2 aromatic rings. The molecule has 0 radical (unpaired) electrons. The zero-order valence-corrected chi connectivity index (χ0v) is 13.6.